The fraction of sp³-hybridized carbons (Fsp3) is 0.211. The number of hydrogen-bond donors (Lipinski definition) is 1. The molecule has 0 amide bonds. The molecule has 4 nitrogen and oxygen atoms in total. The molecule has 0 aliphatic heterocycles. The van der Waals surface area contributed by atoms with Crippen molar-refractivity contribution >= 4 is 21.8 Å². The summed E-state index contributed by atoms with van der Waals surface area (Å²) >= 11 is 0. The van der Waals surface area contributed by atoms with Gasteiger partial charge in [-0.05, 0) is 73.2 Å². The number of aromatic hydroxyl groups is 1. The number of hydrogen-bond acceptors (Lipinski definition) is 3. The van der Waals surface area contributed by atoms with Crippen LogP contribution >= 0.6 is 0 Å². The molecule has 0 aliphatic carbocycles. The fourth-order valence-electron chi connectivity index (χ4n) is 6.24. The third-order valence-corrected chi connectivity index (χ3v) is 8.57. The van der Waals surface area contributed by atoms with Gasteiger partial charge in [0.25, 0.3) is 0 Å². The highest BCUT2D eigenvalue weighted by Crippen LogP contribution is 2.37. The summed E-state index contributed by atoms with van der Waals surface area (Å²) in [6.07, 6.45) is 0.945. The van der Waals surface area contributed by atoms with Crippen LogP contribution in [0.2, 0.25) is 0 Å². The topological polar surface area (TPSA) is 31.6 Å². The second kappa shape index (κ2) is 11.5. The highest BCUT2D eigenvalue weighted by Gasteiger charge is 2.19. The lowest BCUT2D eigenvalue weighted by molar-refractivity contribution is 0.0196. The number of fused-ring (bicyclic) bond motifs is 3. The van der Waals surface area contributed by atoms with E-state index in [4.69, 9.17) is 0 Å². The Morgan fingerprint density at radius 1 is 0.643 bits per heavy atom. The average molecular weight is 554 g/mol. The number of nitrogens with zero attached hydrogens (tertiary/aromatic N) is 3. The molecule has 0 atom stereocenters. The second-order valence-corrected chi connectivity index (χ2v) is 11.6. The van der Waals surface area contributed by atoms with Crippen molar-refractivity contribution in [1.29, 1.82) is 0 Å². The maximum atomic E-state index is 11.7. The van der Waals surface area contributed by atoms with Crippen LogP contribution in [-0.4, -0.2) is 40.3 Å². The summed E-state index contributed by atoms with van der Waals surface area (Å²) in [5.41, 5.74) is 11.6. The van der Waals surface area contributed by atoms with Gasteiger partial charge < -0.3 is 9.67 Å². The van der Waals surface area contributed by atoms with Gasteiger partial charge in [-0.15, -0.1) is 0 Å². The lowest BCUT2D eigenvalue weighted by atomic mass is 9.93. The highest BCUT2D eigenvalue weighted by atomic mass is 16.3. The molecule has 0 bridgehead atoms. The predicted octanol–water partition coefficient (Wildman–Crippen LogP) is 8.60. The molecule has 42 heavy (non-hydrogen) atoms. The SMILES string of the molecule is Cc1cc(CCN(C)N(C)Cc2cc(C)cc(-n3c4ccccc4c4ccccc43)c2O)c(C)c(-c2ccccc2)c1. The van der Waals surface area contributed by atoms with Gasteiger partial charge in [0, 0.05) is 43.5 Å². The summed E-state index contributed by atoms with van der Waals surface area (Å²) in [6, 6.07) is 36.3. The molecular formula is C38H39N3O. The van der Waals surface area contributed by atoms with Crippen LogP contribution in [0.4, 0.5) is 0 Å². The van der Waals surface area contributed by atoms with Gasteiger partial charge in [0.2, 0.25) is 0 Å². The molecule has 0 spiro atoms. The first-order chi connectivity index (χ1) is 20.3. The number of phenolic OH excluding ortho intramolecular Hbond substituents is 1. The Hall–Kier alpha value is -4.38. The number of aryl methyl sites for hydroxylation is 2. The van der Waals surface area contributed by atoms with Crippen LogP contribution in [-0.2, 0) is 13.0 Å². The van der Waals surface area contributed by atoms with E-state index in [1.807, 2.05) is 0 Å². The standard InChI is InChI=1S/C38H39N3O/c1-26-21-30(28(3)34(23-26)29-13-7-6-8-14-29)19-20-39(4)40(5)25-31-22-27(2)24-37(38(31)42)41-35-17-11-9-15-32(35)33-16-10-12-18-36(33)41/h6-18,21-24,42H,19-20,25H2,1-5H3. The molecule has 0 saturated heterocycles. The van der Waals surface area contributed by atoms with Crippen LogP contribution in [0, 0.1) is 20.8 Å². The molecule has 6 rings (SSSR count). The molecule has 0 fully saturated rings. The van der Waals surface area contributed by atoms with Crippen LogP contribution in [0.1, 0.15) is 27.8 Å². The molecule has 5 aromatic carbocycles. The van der Waals surface area contributed by atoms with Gasteiger partial charge >= 0.3 is 0 Å². The molecule has 4 heteroatoms. The van der Waals surface area contributed by atoms with Gasteiger partial charge in [0.05, 0.1) is 16.7 Å². The molecule has 0 saturated carbocycles. The molecule has 0 radical (unpaired) electrons. The van der Waals surface area contributed by atoms with Gasteiger partial charge in [-0.2, -0.15) is 0 Å². The number of benzene rings is 5. The van der Waals surface area contributed by atoms with Crippen molar-refractivity contribution in [3.8, 4) is 22.6 Å². The van der Waals surface area contributed by atoms with Crippen molar-refractivity contribution in [2.75, 3.05) is 20.6 Å². The van der Waals surface area contributed by atoms with E-state index in [9.17, 15) is 5.11 Å². The van der Waals surface area contributed by atoms with Crippen molar-refractivity contribution in [2.24, 2.45) is 0 Å². The van der Waals surface area contributed by atoms with E-state index in [0.29, 0.717) is 12.3 Å². The zero-order valence-electron chi connectivity index (χ0n) is 25.2. The molecule has 1 aromatic heterocycles. The summed E-state index contributed by atoms with van der Waals surface area (Å²) in [4.78, 5) is 0. The summed E-state index contributed by atoms with van der Waals surface area (Å²) in [6.45, 7) is 8.01. The Labute approximate surface area is 249 Å². The lowest BCUT2D eigenvalue weighted by Crippen LogP contribution is -2.37. The van der Waals surface area contributed by atoms with Crippen LogP contribution in [0.25, 0.3) is 38.6 Å². The summed E-state index contributed by atoms with van der Waals surface area (Å²) in [5, 5.41) is 18.5. The van der Waals surface area contributed by atoms with Crippen molar-refractivity contribution in [3.05, 3.63) is 131 Å². The van der Waals surface area contributed by atoms with E-state index in [2.05, 4.69) is 153 Å². The molecule has 1 heterocycles. The summed E-state index contributed by atoms with van der Waals surface area (Å²) < 4.78 is 2.20. The molecular weight excluding hydrogens is 514 g/mol. The summed E-state index contributed by atoms with van der Waals surface area (Å²) in [5.74, 6) is 0.328. The lowest BCUT2D eigenvalue weighted by Gasteiger charge is -2.29. The van der Waals surface area contributed by atoms with E-state index < -0.39 is 0 Å². The van der Waals surface area contributed by atoms with E-state index in [1.54, 1.807) is 0 Å². The second-order valence-electron chi connectivity index (χ2n) is 11.6. The number of para-hydroxylation sites is 2. The Bertz CT molecular complexity index is 1830. The predicted molar refractivity (Wildman–Crippen MR) is 176 cm³/mol. The zero-order valence-corrected chi connectivity index (χ0v) is 25.2. The Morgan fingerprint density at radius 3 is 1.88 bits per heavy atom. The third-order valence-electron chi connectivity index (χ3n) is 8.57. The first-order valence-electron chi connectivity index (χ1n) is 14.7. The van der Waals surface area contributed by atoms with Crippen LogP contribution in [0.5, 0.6) is 5.75 Å². The number of hydrazine groups is 1. The molecule has 212 valence electrons. The van der Waals surface area contributed by atoms with Crippen molar-refractivity contribution in [2.45, 2.75) is 33.7 Å². The van der Waals surface area contributed by atoms with Gasteiger partial charge in [-0.3, -0.25) is 0 Å². The van der Waals surface area contributed by atoms with Gasteiger partial charge in [-0.25, -0.2) is 10.0 Å². The molecule has 1 N–H and O–H groups in total. The molecule has 0 aliphatic rings. The van der Waals surface area contributed by atoms with E-state index in [0.717, 1.165) is 40.8 Å². The molecule has 0 unspecified atom stereocenters. The highest BCUT2D eigenvalue weighted by molar-refractivity contribution is 6.09. The van der Waals surface area contributed by atoms with Gasteiger partial charge in [-0.1, -0.05) is 90.5 Å². The normalized spacial score (nSPS) is 11.8. The number of phenols is 1. The average Bonchev–Trinajstić information content (AvgIpc) is 3.33. The van der Waals surface area contributed by atoms with Crippen LogP contribution in [0.3, 0.4) is 0 Å². The smallest absolute Gasteiger partial charge is 0.144 e. The maximum absolute atomic E-state index is 11.7. The van der Waals surface area contributed by atoms with E-state index >= 15 is 0 Å². The van der Waals surface area contributed by atoms with Crippen molar-refractivity contribution in [1.82, 2.24) is 14.6 Å². The fourth-order valence-corrected chi connectivity index (χ4v) is 6.24. The Morgan fingerprint density at radius 2 is 1.21 bits per heavy atom. The minimum atomic E-state index is 0.328. The maximum Gasteiger partial charge on any atom is 0.144 e. The molecule has 6 aromatic rings. The van der Waals surface area contributed by atoms with E-state index in [-0.39, 0.29) is 0 Å². The quantitative estimate of drug-likeness (QED) is 0.192. The van der Waals surface area contributed by atoms with Crippen LogP contribution < -0.4 is 0 Å². The third kappa shape index (κ3) is 5.20. The van der Waals surface area contributed by atoms with Gasteiger partial charge in [0.1, 0.15) is 5.75 Å². The van der Waals surface area contributed by atoms with E-state index in [1.165, 1.54) is 38.6 Å². The largest absolute Gasteiger partial charge is 0.505 e. The Balaban J connectivity index is 1.26. The monoisotopic (exact) mass is 553 g/mol. The first-order valence-corrected chi connectivity index (χ1v) is 14.7. The van der Waals surface area contributed by atoms with Crippen molar-refractivity contribution in [3.63, 3.8) is 0 Å². The number of aromatic nitrogens is 1. The minimum Gasteiger partial charge on any atom is -0.505 e. The van der Waals surface area contributed by atoms with Crippen LogP contribution in [0.15, 0.2) is 103 Å². The van der Waals surface area contributed by atoms with Crippen molar-refractivity contribution < 1.29 is 5.11 Å². The van der Waals surface area contributed by atoms with Gasteiger partial charge in [0.15, 0.2) is 0 Å². The zero-order chi connectivity index (χ0) is 29.4. The summed E-state index contributed by atoms with van der Waals surface area (Å²) in [7, 11) is 4.23. The minimum absolute atomic E-state index is 0.328. The first kappa shape index (κ1) is 27.8. The Kier molecular flexibility index (Phi) is 7.59. The number of rotatable bonds is 8. The number of likely N-dealkylation sites (N-methyl/N-ethyl adjacent to an activating group) is 1.